The lowest BCUT2D eigenvalue weighted by atomic mass is 9.73. The van der Waals surface area contributed by atoms with Gasteiger partial charge in [0.1, 0.15) is 0 Å². The monoisotopic (exact) mass is 219 g/mol. The second-order valence-corrected chi connectivity index (χ2v) is 5.24. The van der Waals surface area contributed by atoms with Crippen molar-refractivity contribution in [2.45, 2.75) is 19.8 Å². The summed E-state index contributed by atoms with van der Waals surface area (Å²) in [6.07, 6.45) is 9.09. The predicted molar refractivity (Wildman–Crippen MR) is 71.3 cm³/mol. The van der Waals surface area contributed by atoms with Crippen molar-refractivity contribution in [1.29, 1.82) is 0 Å². The average Bonchev–Trinajstić information content (AvgIpc) is 2.93. The maximum Gasteiger partial charge on any atom is 0.0564 e. The zero-order chi connectivity index (χ0) is 11.4. The first-order chi connectivity index (χ1) is 8.36. The van der Waals surface area contributed by atoms with Crippen molar-refractivity contribution in [2.24, 2.45) is 5.92 Å². The Hall–Kier alpha value is -1.56. The molecule has 0 nitrogen and oxygen atoms in total. The van der Waals surface area contributed by atoms with Gasteiger partial charge in [0.25, 0.3) is 0 Å². The molecule has 17 heavy (non-hydrogen) atoms. The molecular formula is C17H15. The largest absolute Gasteiger partial charge is 0.0804 e. The summed E-state index contributed by atoms with van der Waals surface area (Å²) < 4.78 is 0. The number of hydrogen-bond acceptors (Lipinski definition) is 0. The summed E-state index contributed by atoms with van der Waals surface area (Å²) in [5, 5.41) is 0. The van der Waals surface area contributed by atoms with E-state index in [1.807, 2.05) is 0 Å². The van der Waals surface area contributed by atoms with Crippen LogP contribution in [0.4, 0.5) is 0 Å². The molecule has 4 rings (SSSR count). The van der Waals surface area contributed by atoms with Crippen LogP contribution in [0, 0.1) is 11.8 Å². The molecule has 0 heteroatoms. The summed E-state index contributed by atoms with van der Waals surface area (Å²) in [6, 6.07) is 8.90. The number of hydrogen-bond donors (Lipinski definition) is 0. The van der Waals surface area contributed by atoms with Crippen molar-refractivity contribution in [3.05, 3.63) is 70.7 Å². The van der Waals surface area contributed by atoms with Crippen molar-refractivity contribution in [1.82, 2.24) is 0 Å². The second-order valence-electron chi connectivity index (χ2n) is 5.24. The molecule has 1 radical (unpaired) electrons. The maximum atomic E-state index is 2.35. The van der Waals surface area contributed by atoms with Crippen LogP contribution in [0.5, 0.6) is 0 Å². The Bertz CT molecular complexity index is 584. The van der Waals surface area contributed by atoms with E-state index in [2.05, 4.69) is 49.4 Å². The summed E-state index contributed by atoms with van der Waals surface area (Å²) in [4.78, 5) is 0. The molecule has 0 N–H and O–H groups in total. The van der Waals surface area contributed by atoms with Crippen LogP contribution in [0.3, 0.4) is 0 Å². The number of benzene rings is 1. The zero-order valence-electron chi connectivity index (χ0n) is 10.0. The Morgan fingerprint density at radius 3 is 2.65 bits per heavy atom. The fourth-order valence-corrected chi connectivity index (χ4v) is 3.42. The Balaban J connectivity index is 1.89. The molecule has 0 saturated heterocycles. The van der Waals surface area contributed by atoms with Crippen LogP contribution >= 0.6 is 0 Å². The Morgan fingerprint density at radius 1 is 1.12 bits per heavy atom. The summed E-state index contributed by atoms with van der Waals surface area (Å²) in [7, 11) is 0. The van der Waals surface area contributed by atoms with Gasteiger partial charge in [0, 0.05) is 0 Å². The van der Waals surface area contributed by atoms with Gasteiger partial charge in [-0.1, -0.05) is 55.0 Å². The zero-order valence-corrected chi connectivity index (χ0v) is 10.0. The van der Waals surface area contributed by atoms with E-state index in [0.717, 1.165) is 12.3 Å². The topological polar surface area (TPSA) is 0 Å². The van der Waals surface area contributed by atoms with Gasteiger partial charge in [-0.2, -0.15) is 0 Å². The molecule has 0 spiro atoms. The Labute approximate surface area is 102 Å². The van der Waals surface area contributed by atoms with Crippen LogP contribution in [-0.4, -0.2) is 0 Å². The molecule has 3 aliphatic rings. The first kappa shape index (κ1) is 9.47. The van der Waals surface area contributed by atoms with Crippen LogP contribution in [-0.2, 0) is 0 Å². The van der Waals surface area contributed by atoms with E-state index >= 15 is 0 Å². The highest BCUT2D eigenvalue weighted by atomic mass is 14.4. The third-order valence-corrected chi connectivity index (χ3v) is 4.21. The highest BCUT2D eigenvalue weighted by Crippen LogP contribution is 2.57. The average molecular weight is 219 g/mol. The molecule has 1 unspecified atom stereocenters. The smallest absolute Gasteiger partial charge is 0.0564 e. The highest BCUT2D eigenvalue weighted by Gasteiger charge is 2.42. The van der Waals surface area contributed by atoms with E-state index < -0.39 is 0 Å². The van der Waals surface area contributed by atoms with E-state index in [1.165, 1.54) is 23.1 Å². The predicted octanol–water partition coefficient (Wildman–Crippen LogP) is 4.30. The van der Waals surface area contributed by atoms with Crippen LogP contribution in [0.2, 0.25) is 0 Å². The summed E-state index contributed by atoms with van der Waals surface area (Å²) >= 11 is 0. The van der Waals surface area contributed by atoms with Crippen molar-refractivity contribution in [3.8, 4) is 0 Å². The first-order valence-corrected chi connectivity index (χ1v) is 6.42. The number of rotatable bonds is 1. The van der Waals surface area contributed by atoms with Crippen molar-refractivity contribution >= 4 is 5.57 Å². The van der Waals surface area contributed by atoms with Crippen LogP contribution in [0.15, 0.2) is 53.6 Å². The first-order valence-electron chi connectivity index (χ1n) is 6.42. The standard InChI is InChI=1S/C17H15/c1-11-10-15-13-8-4-5-9-14(13)17(16(11)15)12-6-2-3-7-12/h2-6,8-9,11H,7,10H2,1H3. The van der Waals surface area contributed by atoms with E-state index in [-0.39, 0.29) is 0 Å². The summed E-state index contributed by atoms with van der Waals surface area (Å²) in [5.41, 5.74) is 7.70. The van der Waals surface area contributed by atoms with Crippen LogP contribution in [0.1, 0.15) is 30.9 Å². The Kier molecular flexibility index (Phi) is 1.80. The normalized spacial score (nSPS) is 25.7. The van der Waals surface area contributed by atoms with Gasteiger partial charge in [0.05, 0.1) is 5.92 Å². The molecule has 1 aromatic rings. The molecule has 0 aromatic heterocycles. The van der Waals surface area contributed by atoms with Gasteiger partial charge in [-0.15, -0.1) is 0 Å². The molecule has 0 fully saturated rings. The molecule has 0 aliphatic heterocycles. The minimum atomic E-state index is 0.744. The van der Waals surface area contributed by atoms with E-state index in [4.69, 9.17) is 0 Å². The lowest BCUT2D eigenvalue weighted by Crippen LogP contribution is -2.16. The van der Waals surface area contributed by atoms with Gasteiger partial charge in [0.15, 0.2) is 0 Å². The fourth-order valence-electron chi connectivity index (χ4n) is 3.42. The quantitative estimate of drug-likeness (QED) is 0.660. The van der Waals surface area contributed by atoms with Crippen molar-refractivity contribution in [3.63, 3.8) is 0 Å². The molecular weight excluding hydrogens is 204 g/mol. The SMILES string of the molecule is CC1CC2=C1[C](C1=CC=CC1)c1ccccc12. The molecule has 1 atom stereocenters. The van der Waals surface area contributed by atoms with Crippen molar-refractivity contribution in [2.75, 3.05) is 0 Å². The Morgan fingerprint density at radius 2 is 1.94 bits per heavy atom. The second kappa shape index (κ2) is 3.22. The molecule has 0 bridgehead atoms. The molecule has 0 saturated carbocycles. The minimum absolute atomic E-state index is 0.744. The summed E-state index contributed by atoms with van der Waals surface area (Å²) in [5.74, 6) is 2.29. The third kappa shape index (κ3) is 1.13. The minimum Gasteiger partial charge on any atom is -0.0804 e. The van der Waals surface area contributed by atoms with Crippen LogP contribution in [0.25, 0.3) is 5.57 Å². The van der Waals surface area contributed by atoms with Gasteiger partial charge in [0.2, 0.25) is 0 Å². The van der Waals surface area contributed by atoms with Gasteiger partial charge in [-0.25, -0.2) is 0 Å². The molecule has 0 heterocycles. The maximum absolute atomic E-state index is 2.35. The van der Waals surface area contributed by atoms with Gasteiger partial charge in [-0.3, -0.25) is 0 Å². The highest BCUT2D eigenvalue weighted by molar-refractivity contribution is 5.90. The van der Waals surface area contributed by atoms with E-state index in [0.29, 0.717) is 0 Å². The molecule has 83 valence electrons. The lowest BCUT2D eigenvalue weighted by Gasteiger charge is -2.30. The third-order valence-electron chi connectivity index (χ3n) is 4.21. The molecule has 0 amide bonds. The van der Waals surface area contributed by atoms with Gasteiger partial charge in [-0.05, 0) is 41.0 Å². The van der Waals surface area contributed by atoms with E-state index in [9.17, 15) is 0 Å². The fraction of sp³-hybridized carbons (Fsp3) is 0.235. The summed E-state index contributed by atoms with van der Waals surface area (Å²) in [6.45, 7) is 2.35. The lowest BCUT2D eigenvalue weighted by molar-refractivity contribution is 0.649. The van der Waals surface area contributed by atoms with E-state index in [1.54, 1.807) is 17.1 Å². The van der Waals surface area contributed by atoms with Crippen LogP contribution < -0.4 is 0 Å². The molecule has 1 aromatic carbocycles. The molecule has 3 aliphatic carbocycles. The van der Waals surface area contributed by atoms with Gasteiger partial charge < -0.3 is 0 Å². The van der Waals surface area contributed by atoms with Crippen molar-refractivity contribution < 1.29 is 0 Å². The number of fused-ring (bicyclic) bond motifs is 2. The van der Waals surface area contributed by atoms with Gasteiger partial charge >= 0.3 is 0 Å². The number of allylic oxidation sites excluding steroid dienone is 6.